The van der Waals surface area contributed by atoms with Crippen LogP contribution in [0.3, 0.4) is 0 Å². The van der Waals surface area contributed by atoms with Crippen LogP contribution in [0.5, 0.6) is 5.75 Å². The summed E-state index contributed by atoms with van der Waals surface area (Å²) in [6, 6.07) is 5.66. The second-order valence-corrected chi connectivity index (χ2v) is 6.49. The lowest BCUT2D eigenvalue weighted by atomic mass is 9.91. The number of alkyl halides is 3. The molecule has 1 aliphatic rings. The Balaban J connectivity index is 2.18. The molecule has 2 rings (SSSR count). The molecule has 19 heavy (non-hydrogen) atoms. The van der Waals surface area contributed by atoms with E-state index in [-0.39, 0.29) is 16.5 Å². The molecular formula is C13H16F3NOS. The number of halogens is 3. The first-order valence-corrected chi connectivity index (χ1v) is 7.04. The summed E-state index contributed by atoms with van der Waals surface area (Å²) in [7, 11) is 0. The van der Waals surface area contributed by atoms with Gasteiger partial charge in [0.15, 0.2) is 0 Å². The summed E-state index contributed by atoms with van der Waals surface area (Å²) in [4.78, 5) is 0. The summed E-state index contributed by atoms with van der Waals surface area (Å²) in [5.74, 6) is 0.829. The molecule has 2 N–H and O–H groups in total. The molecule has 2 unspecified atom stereocenters. The van der Waals surface area contributed by atoms with E-state index in [1.54, 1.807) is 23.9 Å². The van der Waals surface area contributed by atoms with Crippen molar-refractivity contribution in [2.24, 2.45) is 5.73 Å². The summed E-state index contributed by atoms with van der Waals surface area (Å²) in [5, 5.41) is 0. The van der Waals surface area contributed by atoms with Gasteiger partial charge < -0.3 is 10.5 Å². The maximum Gasteiger partial charge on any atom is 0.573 e. The van der Waals surface area contributed by atoms with Crippen molar-refractivity contribution in [3.8, 4) is 5.75 Å². The molecule has 2 atom stereocenters. The smallest absolute Gasteiger partial charge is 0.406 e. The van der Waals surface area contributed by atoms with Crippen LogP contribution >= 0.6 is 11.8 Å². The molecule has 0 bridgehead atoms. The highest BCUT2D eigenvalue weighted by Gasteiger charge is 2.37. The summed E-state index contributed by atoms with van der Waals surface area (Å²) in [5.41, 5.74) is 6.89. The van der Waals surface area contributed by atoms with E-state index in [0.29, 0.717) is 5.56 Å². The van der Waals surface area contributed by atoms with Gasteiger partial charge in [-0.3, -0.25) is 0 Å². The zero-order valence-corrected chi connectivity index (χ0v) is 11.4. The Bertz CT molecular complexity index is 444. The first-order valence-electron chi connectivity index (χ1n) is 6.05. The molecule has 1 fully saturated rings. The van der Waals surface area contributed by atoms with Gasteiger partial charge in [-0.25, -0.2) is 0 Å². The molecule has 0 aliphatic carbocycles. The van der Waals surface area contributed by atoms with E-state index in [1.165, 1.54) is 12.1 Å². The standard InChI is InChI=1S/C13H16F3NOS/c1-12(6-3-7-19-12)11(17)9-4-2-5-10(8-9)18-13(14,15)16/h2,4-5,8,11H,3,6-7,17H2,1H3. The van der Waals surface area contributed by atoms with Gasteiger partial charge in [0.2, 0.25) is 0 Å². The molecule has 1 saturated heterocycles. The number of hydrogen-bond acceptors (Lipinski definition) is 3. The van der Waals surface area contributed by atoms with Crippen molar-refractivity contribution >= 4 is 11.8 Å². The monoisotopic (exact) mass is 291 g/mol. The highest BCUT2D eigenvalue weighted by Crippen LogP contribution is 2.45. The molecule has 0 radical (unpaired) electrons. The van der Waals surface area contributed by atoms with Crippen molar-refractivity contribution in [2.45, 2.75) is 36.9 Å². The van der Waals surface area contributed by atoms with Crippen LogP contribution in [0.1, 0.15) is 31.4 Å². The normalized spacial score (nSPS) is 25.3. The van der Waals surface area contributed by atoms with Gasteiger partial charge in [0.1, 0.15) is 5.75 Å². The van der Waals surface area contributed by atoms with Crippen LogP contribution < -0.4 is 10.5 Å². The van der Waals surface area contributed by atoms with Crippen LogP contribution in [-0.2, 0) is 0 Å². The Morgan fingerprint density at radius 3 is 2.74 bits per heavy atom. The van der Waals surface area contributed by atoms with E-state index < -0.39 is 6.36 Å². The van der Waals surface area contributed by atoms with Crippen molar-refractivity contribution in [2.75, 3.05) is 5.75 Å². The second-order valence-electron chi connectivity index (χ2n) is 4.86. The summed E-state index contributed by atoms with van der Waals surface area (Å²) in [6.45, 7) is 2.06. The molecule has 0 aromatic heterocycles. The molecule has 1 aliphatic heterocycles. The van der Waals surface area contributed by atoms with E-state index in [9.17, 15) is 13.2 Å². The second kappa shape index (κ2) is 5.25. The van der Waals surface area contributed by atoms with Crippen LogP contribution in [0.25, 0.3) is 0 Å². The van der Waals surface area contributed by atoms with Gasteiger partial charge in [0.05, 0.1) is 0 Å². The Hall–Kier alpha value is -0.880. The molecule has 0 amide bonds. The molecule has 1 aromatic carbocycles. The maximum atomic E-state index is 12.2. The van der Waals surface area contributed by atoms with E-state index >= 15 is 0 Å². The molecule has 2 nitrogen and oxygen atoms in total. The fourth-order valence-corrected chi connectivity index (χ4v) is 3.66. The topological polar surface area (TPSA) is 35.2 Å². The first-order chi connectivity index (χ1) is 8.80. The van der Waals surface area contributed by atoms with E-state index in [1.807, 2.05) is 0 Å². The fourth-order valence-electron chi connectivity index (χ4n) is 2.30. The maximum absolute atomic E-state index is 12.2. The van der Waals surface area contributed by atoms with Gasteiger partial charge in [0, 0.05) is 10.8 Å². The lowest BCUT2D eigenvalue weighted by Crippen LogP contribution is -2.33. The highest BCUT2D eigenvalue weighted by molar-refractivity contribution is 8.00. The van der Waals surface area contributed by atoms with Crippen molar-refractivity contribution in [1.82, 2.24) is 0 Å². The third-order valence-corrected chi connectivity index (χ3v) is 4.97. The lowest BCUT2D eigenvalue weighted by molar-refractivity contribution is -0.274. The minimum atomic E-state index is -4.67. The number of rotatable bonds is 3. The van der Waals surface area contributed by atoms with Crippen LogP contribution in [0.15, 0.2) is 24.3 Å². The minimum Gasteiger partial charge on any atom is -0.406 e. The Kier molecular flexibility index (Phi) is 4.01. The average molecular weight is 291 g/mol. The largest absolute Gasteiger partial charge is 0.573 e. The Morgan fingerprint density at radius 2 is 2.16 bits per heavy atom. The minimum absolute atomic E-state index is 0.114. The van der Waals surface area contributed by atoms with Crippen molar-refractivity contribution < 1.29 is 17.9 Å². The number of benzene rings is 1. The van der Waals surface area contributed by atoms with E-state index in [4.69, 9.17) is 5.73 Å². The van der Waals surface area contributed by atoms with Gasteiger partial charge in [0.25, 0.3) is 0 Å². The molecule has 1 aromatic rings. The Morgan fingerprint density at radius 1 is 1.42 bits per heavy atom. The Labute approximate surface area is 114 Å². The van der Waals surface area contributed by atoms with Gasteiger partial charge in [-0.05, 0) is 43.2 Å². The van der Waals surface area contributed by atoms with Crippen molar-refractivity contribution in [1.29, 1.82) is 0 Å². The van der Waals surface area contributed by atoms with Crippen LogP contribution in [0, 0.1) is 0 Å². The van der Waals surface area contributed by atoms with Gasteiger partial charge in [-0.1, -0.05) is 12.1 Å². The van der Waals surface area contributed by atoms with E-state index in [0.717, 1.165) is 18.6 Å². The molecule has 6 heteroatoms. The molecule has 0 spiro atoms. The van der Waals surface area contributed by atoms with Crippen molar-refractivity contribution in [3.05, 3.63) is 29.8 Å². The number of ether oxygens (including phenoxy) is 1. The summed E-state index contributed by atoms with van der Waals surface area (Å²) >= 11 is 1.78. The summed E-state index contributed by atoms with van der Waals surface area (Å²) < 4.78 is 40.4. The first kappa shape index (κ1) is 14.5. The number of thioether (sulfide) groups is 1. The molecular weight excluding hydrogens is 275 g/mol. The van der Waals surface area contributed by atoms with Gasteiger partial charge in [-0.2, -0.15) is 11.8 Å². The van der Waals surface area contributed by atoms with Crippen LogP contribution in [0.2, 0.25) is 0 Å². The van der Waals surface area contributed by atoms with Gasteiger partial charge >= 0.3 is 6.36 Å². The van der Waals surface area contributed by atoms with Crippen LogP contribution in [0.4, 0.5) is 13.2 Å². The van der Waals surface area contributed by atoms with Crippen LogP contribution in [-0.4, -0.2) is 16.9 Å². The third kappa shape index (κ3) is 3.57. The van der Waals surface area contributed by atoms with E-state index in [2.05, 4.69) is 11.7 Å². The van der Waals surface area contributed by atoms with Crippen molar-refractivity contribution in [3.63, 3.8) is 0 Å². The zero-order chi connectivity index (χ0) is 14.1. The quantitative estimate of drug-likeness (QED) is 0.918. The predicted octanol–water partition coefficient (Wildman–Crippen LogP) is 3.87. The summed E-state index contributed by atoms with van der Waals surface area (Å²) in [6.07, 6.45) is -2.61. The number of nitrogens with two attached hydrogens (primary N) is 1. The third-order valence-electron chi connectivity index (χ3n) is 3.36. The fraction of sp³-hybridized carbons (Fsp3) is 0.538. The molecule has 0 saturated carbocycles. The van der Waals surface area contributed by atoms with Gasteiger partial charge in [-0.15, -0.1) is 13.2 Å². The SMILES string of the molecule is CC1(C(N)c2cccc(OC(F)(F)F)c2)CCCS1. The predicted molar refractivity (Wildman–Crippen MR) is 70.2 cm³/mol. The number of hydrogen-bond donors (Lipinski definition) is 1. The highest BCUT2D eigenvalue weighted by atomic mass is 32.2. The molecule has 106 valence electrons. The zero-order valence-electron chi connectivity index (χ0n) is 10.5. The molecule has 1 heterocycles. The average Bonchev–Trinajstić information content (AvgIpc) is 2.74. The lowest BCUT2D eigenvalue weighted by Gasteiger charge is -2.30.